The van der Waals surface area contributed by atoms with Crippen LogP contribution in [0.25, 0.3) is 0 Å². The molecule has 5 nitrogen and oxygen atoms in total. The monoisotopic (exact) mass is 625 g/mol. The summed E-state index contributed by atoms with van der Waals surface area (Å²) in [6.07, 6.45) is -10.4. The van der Waals surface area contributed by atoms with E-state index in [1.807, 2.05) is 0 Å². The van der Waals surface area contributed by atoms with Gasteiger partial charge < -0.3 is 4.74 Å². The smallest absolute Gasteiger partial charge is 0.442 e. The number of hydrogen-bond acceptors (Lipinski definition) is 4. The molecule has 0 spiro atoms. The van der Waals surface area contributed by atoms with Crippen LogP contribution in [0.5, 0.6) is 0 Å². The molecule has 0 N–H and O–H groups in total. The van der Waals surface area contributed by atoms with E-state index in [4.69, 9.17) is 0 Å². The van der Waals surface area contributed by atoms with E-state index in [0.29, 0.717) is 6.92 Å². The van der Waals surface area contributed by atoms with Crippen LogP contribution in [0.1, 0.15) is 13.8 Å². The summed E-state index contributed by atoms with van der Waals surface area (Å²) in [5.41, 5.74) is 0. The Kier molecular flexibility index (Phi) is 9.30. The summed E-state index contributed by atoms with van der Waals surface area (Å²) in [4.78, 5) is 11.1. The van der Waals surface area contributed by atoms with E-state index in [9.17, 15) is 87.8 Å². The van der Waals surface area contributed by atoms with Crippen LogP contribution in [0.4, 0.5) is 74.6 Å². The zero-order chi connectivity index (χ0) is 31.4. The van der Waals surface area contributed by atoms with E-state index >= 15 is 0 Å². The minimum atomic E-state index is -8.93. The van der Waals surface area contributed by atoms with Gasteiger partial charge in [-0.1, -0.05) is 13.5 Å². The van der Waals surface area contributed by atoms with Crippen LogP contribution in [-0.2, 0) is 19.6 Å². The highest BCUT2D eigenvalue weighted by Crippen LogP contribution is 2.64. The fourth-order valence-corrected chi connectivity index (χ4v) is 3.88. The molecule has 0 aliphatic carbocycles. The third-order valence-electron chi connectivity index (χ3n) is 4.50. The molecule has 0 saturated heterocycles. The van der Waals surface area contributed by atoms with Gasteiger partial charge in [-0.3, -0.25) is 0 Å². The number of halogens is 17. The van der Waals surface area contributed by atoms with Crippen molar-refractivity contribution in [2.75, 3.05) is 6.54 Å². The van der Waals surface area contributed by atoms with Crippen LogP contribution in [0.3, 0.4) is 0 Å². The van der Waals surface area contributed by atoms with Gasteiger partial charge in [-0.05, 0) is 6.92 Å². The van der Waals surface area contributed by atoms with Gasteiger partial charge in [0, 0.05) is 12.6 Å². The number of hydrogen-bond donors (Lipinski definition) is 0. The van der Waals surface area contributed by atoms with Gasteiger partial charge in [-0.25, -0.2) is 13.2 Å². The minimum Gasteiger partial charge on any atom is -0.442 e. The Hall–Kier alpha value is -2.07. The maximum atomic E-state index is 14.2. The van der Waals surface area contributed by atoms with E-state index in [2.05, 4.69) is 11.3 Å². The topological polar surface area (TPSA) is 63.7 Å². The summed E-state index contributed by atoms with van der Waals surface area (Å²) >= 11 is 0. The van der Waals surface area contributed by atoms with Crippen molar-refractivity contribution in [2.45, 2.75) is 67.0 Å². The number of carbonyl (C=O) groups excluding carboxylic acids is 1. The van der Waals surface area contributed by atoms with Crippen LogP contribution in [0.15, 0.2) is 12.7 Å². The second-order valence-corrected chi connectivity index (χ2v) is 8.84. The van der Waals surface area contributed by atoms with Crippen molar-refractivity contribution in [2.24, 2.45) is 0 Å². The summed E-state index contributed by atoms with van der Waals surface area (Å²) in [5, 5.41) is -7.74. The highest BCUT2D eigenvalue weighted by molar-refractivity contribution is 7.90. The molecule has 0 bridgehead atoms. The number of alkyl halides is 17. The third kappa shape index (κ3) is 4.76. The molecule has 0 aromatic heterocycles. The van der Waals surface area contributed by atoms with Crippen molar-refractivity contribution in [1.82, 2.24) is 4.31 Å². The van der Waals surface area contributed by atoms with Gasteiger partial charge in [-0.2, -0.15) is 78.9 Å². The van der Waals surface area contributed by atoms with Gasteiger partial charge in [0.15, 0.2) is 6.23 Å². The quantitative estimate of drug-likeness (QED) is 0.121. The first-order valence-corrected chi connectivity index (χ1v) is 10.3. The molecule has 0 rings (SSSR count). The van der Waals surface area contributed by atoms with Gasteiger partial charge >= 0.3 is 52.9 Å². The Morgan fingerprint density at radius 2 is 1.05 bits per heavy atom. The van der Waals surface area contributed by atoms with E-state index in [-0.39, 0.29) is 13.0 Å². The Balaban J connectivity index is 7.06. The van der Waals surface area contributed by atoms with Crippen molar-refractivity contribution in [3.63, 3.8) is 0 Å². The lowest BCUT2D eigenvalue weighted by Gasteiger charge is -2.43. The van der Waals surface area contributed by atoms with Crippen molar-refractivity contribution >= 4 is 16.0 Å². The van der Waals surface area contributed by atoms with Crippen LogP contribution >= 0.6 is 0 Å². The second-order valence-electron chi connectivity index (χ2n) is 6.91. The maximum Gasteiger partial charge on any atom is 0.460 e. The normalized spacial score (nSPS) is 16.4. The average molecular weight is 625 g/mol. The highest BCUT2D eigenvalue weighted by Gasteiger charge is 2.96. The van der Waals surface area contributed by atoms with Gasteiger partial charge in [0.25, 0.3) is 10.0 Å². The molecule has 0 fully saturated rings. The first kappa shape index (κ1) is 35.9. The lowest BCUT2D eigenvalue weighted by molar-refractivity contribution is -0.458. The summed E-state index contributed by atoms with van der Waals surface area (Å²) in [6.45, 7) is 1.91. The number of carbonyl (C=O) groups is 1. The summed E-state index contributed by atoms with van der Waals surface area (Å²) < 4.78 is 253. The molecule has 0 aliphatic rings. The molecule has 0 aromatic rings. The Bertz CT molecular complexity index is 1010. The molecule has 1 atom stereocenters. The van der Waals surface area contributed by atoms with Crippen molar-refractivity contribution in [3.8, 4) is 0 Å². The van der Waals surface area contributed by atoms with Crippen LogP contribution in [0.2, 0.25) is 0 Å². The van der Waals surface area contributed by atoms with Crippen LogP contribution < -0.4 is 0 Å². The zero-order valence-electron chi connectivity index (χ0n) is 18.0. The first-order chi connectivity index (χ1) is 16.3. The Morgan fingerprint density at radius 1 is 0.737 bits per heavy atom. The molecule has 0 radical (unpaired) electrons. The SMILES string of the molecule is C=CC(=O)OC(C)N(CC)S(=O)(=O)C(F)(F)C(F)(F)C(F)(F)C(F)(F)C(F)(F)C(F)(F)C(F)(F)C(F)(F)F. The molecule has 0 amide bonds. The largest absolute Gasteiger partial charge is 0.460 e. The molecule has 23 heteroatoms. The summed E-state index contributed by atoms with van der Waals surface area (Å²) in [5.74, 6) is -53.8. The Labute approximate surface area is 200 Å². The van der Waals surface area contributed by atoms with E-state index in [0.717, 1.165) is 0 Å². The lowest BCUT2D eigenvalue weighted by Crippen LogP contribution is -2.75. The lowest BCUT2D eigenvalue weighted by atomic mass is 9.91. The van der Waals surface area contributed by atoms with E-state index in [1.54, 1.807) is 0 Å². The van der Waals surface area contributed by atoms with Crippen molar-refractivity contribution < 1.29 is 92.6 Å². The predicted molar refractivity (Wildman–Crippen MR) is 87.7 cm³/mol. The first-order valence-electron chi connectivity index (χ1n) is 8.88. The van der Waals surface area contributed by atoms with Gasteiger partial charge in [-0.15, -0.1) is 0 Å². The van der Waals surface area contributed by atoms with E-state index < -0.39 is 80.0 Å². The number of sulfonamides is 1. The van der Waals surface area contributed by atoms with Crippen LogP contribution in [0, 0.1) is 0 Å². The van der Waals surface area contributed by atoms with Crippen molar-refractivity contribution in [3.05, 3.63) is 12.7 Å². The van der Waals surface area contributed by atoms with Crippen LogP contribution in [-0.4, -0.2) is 78.4 Å². The molecule has 1 unspecified atom stereocenters. The van der Waals surface area contributed by atoms with Gasteiger partial charge in [0.2, 0.25) is 0 Å². The fraction of sp³-hybridized carbons (Fsp3) is 0.800. The fourth-order valence-electron chi connectivity index (χ4n) is 2.36. The minimum absolute atomic E-state index is 0.206. The number of rotatable bonds is 12. The summed E-state index contributed by atoms with van der Waals surface area (Å²) in [7, 11) is -7.57. The number of esters is 1. The highest BCUT2D eigenvalue weighted by atomic mass is 32.2. The molecule has 38 heavy (non-hydrogen) atoms. The molecule has 0 aliphatic heterocycles. The zero-order valence-corrected chi connectivity index (χ0v) is 18.8. The standard InChI is InChI=1S/C15H12F17NO4S/c1-4-7(34)37-6(3)33(5-2)38(35,36)15(31,32)13(26,27)11(22,23)9(18,19)8(16,17)10(20,21)12(24,25)14(28,29)30/h4,6H,1,5H2,2-3H3. The average Bonchev–Trinajstić information content (AvgIpc) is 2.71. The van der Waals surface area contributed by atoms with Crippen molar-refractivity contribution in [1.29, 1.82) is 0 Å². The molecular weight excluding hydrogens is 613 g/mol. The Morgan fingerprint density at radius 3 is 1.34 bits per heavy atom. The van der Waals surface area contributed by atoms with Gasteiger partial charge in [0.1, 0.15) is 0 Å². The second kappa shape index (κ2) is 9.84. The molecule has 0 saturated carbocycles. The third-order valence-corrected chi connectivity index (χ3v) is 6.57. The maximum absolute atomic E-state index is 14.2. The molecule has 0 aromatic carbocycles. The molecule has 226 valence electrons. The molecule has 0 heterocycles. The van der Waals surface area contributed by atoms with E-state index in [1.165, 1.54) is 0 Å². The van der Waals surface area contributed by atoms with Gasteiger partial charge in [0.05, 0.1) is 0 Å². The number of ether oxygens (including phenoxy) is 1. The summed E-state index contributed by atoms with van der Waals surface area (Å²) in [6, 6.07) is 0. The number of nitrogens with zero attached hydrogens (tertiary/aromatic N) is 1. The predicted octanol–water partition coefficient (Wildman–Crippen LogP) is 5.68. The molecular formula is C15H12F17NO4S.